The molecule has 0 radical (unpaired) electrons. The van der Waals surface area contributed by atoms with E-state index in [0.29, 0.717) is 24.1 Å². The number of esters is 1. The summed E-state index contributed by atoms with van der Waals surface area (Å²) in [5, 5.41) is 3.05. The normalized spacial score (nSPS) is 14.7. The molecule has 1 fully saturated rings. The summed E-state index contributed by atoms with van der Waals surface area (Å²) in [4.78, 5) is 36.7. The Labute approximate surface area is 190 Å². The number of rotatable bonds is 6. The fraction of sp³-hybridized carbons (Fsp3) is 0.261. The Bertz CT molecular complexity index is 1360. The largest absolute Gasteiger partial charge is 0.452 e. The minimum absolute atomic E-state index is 0.0768. The van der Waals surface area contributed by atoms with Gasteiger partial charge in [0, 0.05) is 24.2 Å². The van der Waals surface area contributed by atoms with Crippen molar-refractivity contribution < 1.29 is 27.2 Å². The Morgan fingerprint density at radius 1 is 1.00 bits per heavy atom. The van der Waals surface area contributed by atoms with Crippen molar-refractivity contribution in [2.24, 2.45) is 0 Å². The second-order valence-electron chi connectivity index (χ2n) is 7.60. The Hall–Kier alpha value is -3.50. The molecule has 0 bridgehead atoms. The predicted molar refractivity (Wildman–Crippen MR) is 120 cm³/mol. The van der Waals surface area contributed by atoms with Crippen molar-refractivity contribution in [3.8, 4) is 0 Å². The summed E-state index contributed by atoms with van der Waals surface area (Å²) >= 11 is 0. The van der Waals surface area contributed by atoms with Crippen LogP contribution in [0.3, 0.4) is 0 Å². The second kappa shape index (κ2) is 9.55. The molecule has 1 amide bonds. The monoisotopic (exact) mass is 470 g/mol. The Balaban J connectivity index is 1.40. The molecule has 1 N–H and O–H groups in total. The molecule has 2 aromatic carbocycles. The lowest BCUT2D eigenvalue weighted by atomic mass is 10.2. The van der Waals surface area contributed by atoms with Crippen LogP contribution in [0.5, 0.6) is 0 Å². The molecular formula is C23H22N2O7S. The van der Waals surface area contributed by atoms with Crippen LogP contribution in [0, 0.1) is 0 Å². The van der Waals surface area contributed by atoms with Gasteiger partial charge in [-0.1, -0.05) is 30.7 Å². The van der Waals surface area contributed by atoms with Gasteiger partial charge in [-0.25, -0.2) is 18.0 Å². The Kier molecular flexibility index (Phi) is 6.57. The van der Waals surface area contributed by atoms with Crippen LogP contribution in [0.15, 0.2) is 68.7 Å². The van der Waals surface area contributed by atoms with Gasteiger partial charge in [-0.3, -0.25) is 4.79 Å². The van der Waals surface area contributed by atoms with E-state index >= 15 is 0 Å². The molecule has 0 atom stereocenters. The molecule has 10 heteroatoms. The number of sulfonamides is 1. The van der Waals surface area contributed by atoms with E-state index in [4.69, 9.17) is 9.15 Å². The van der Waals surface area contributed by atoms with E-state index in [2.05, 4.69) is 5.32 Å². The SMILES string of the molecule is O=C(COC(=O)c1cc2ccccc2oc1=O)Nc1cccc(S(=O)(=O)N2CCCCC2)c1. The van der Waals surface area contributed by atoms with Crippen LogP contribution in [-0.4, -0.2) is 44.3 Å². The Morgan fingerprint density at radius 3 is 2.55 bits per heavy atom. The van der Waals surface area contributed by atoms with Crippen LogP contribution in [0.25, 0.3) is 11.0 Å². The van der Waals surface area contributed by atoms with Crippen molar-refractivity contribution in [2.75, 3.05) is 25.0 Å². The molecule has 3 aromatic rings. The molecule has 0 saturated carbocycles. The van der Waals surface area contributed by atoms with Gasteiger partial charge < -0.3 is 14.5 Å². The molecule has 9 nitrogen and oxygen atoms in total. The smallest absolute Gasteiger partial charge is 0.351 e. The molecule has 0 unspecified atom stereocenters. The predicted octanol–water partition coefficient (Wildman–Crippen LogP) is 2.76. The first-order valence-electron chi connectivity index (χ1n) is 10.4. The van der Waals surface area contributed by atoms with E-state index in [1.807, 2.05) is 0 Å². The molecule has 172 valence electrons. The molecule has 1 aliphatic heterocycles. The standard InChI is InChI=1S/C23H22N2O7S/c26-21(15-31-22(27)19-13-16-7-2-3-10-20(16)32-23(19)28)24-17-8-6-9-18(14-17)33(29,30)25-11-4-1-5-12-25/h2-3,6-10,13-14H,1,4-5,11-12,15H2,(H,24,26). The first-order chi connectivity index (χ1) is 15.8. The fourth-order valence-electron chi connectivity index (χ4n) is 3.60. The van der Waals surface area contributed by atoms with Gasteiger partial charge in [0.1, 0.15) is 11.1 Å². The molecule has 1 aromatic heterocycles. The number of hydrogen-bond acceptors (Lipinski definition) is 7. The summed E-state index contributed by atoms with van der Waals surface area (Å²) < 4.78 is 37.1. The lowest BCUT2D eigenvalue weighted by Gasteiger charge is -2.26. The van der Waals surface area contributed by atoms with Gasteiger partial charge in [0.15, 0.2) is 6.61 Å². The summed E-state index contributed by atoms with van der Waals surface area (Å²) in [7, 11) is -3.65. The third kappa shape index (κ3) is 5.12. The molecule has 2 heterocycles. The van der Waals surface area contributed by atoms with Gasteiger partial charge >= 0.3 is 11.6 Å². The molecule has 4 rings (SSSR count). The van der Waals surface area contributed by atoms with Gasteiger partial charge in [0.05, 0.1) is 4.90 Å². The highest BCUT2D eigenvalue weighted by molar-refractivity contribution is 7.89. The summed E-state index contributed by atoms with van der Waals surface area (Å²) in [5.74, 6) is -1.67. The van der Waals surface area contributed by atoms with Crippen molar-refractivity contribution in [2.45, 2.75) is 24.2 Å². The zero-order valence-corrected chi connectivity index (χ0v) is 18.5. The van der Waals surface area contributed by atoms with E-state index in [0.717, 1.165) is 19.3 Å². The van der Waals surface area contributed by atoms with Crippen molar-refractivity contribution in [1.82, 2.24) is 4.31 Å². The van der Waals surface area contributed by atoms with E-state index < -0.39 is 34.1 Å². The molecule has 33 heavy (non-hydrogen) atoms. The van der Waals surface area contributed by atoms with Crippen LogP contribution < -0.4 is 10.9 Å². The van der Waals surface area contributed by atoms with E-state index in [1.165, 1.54) is 34.6 Å². The summed E-state index contributed by atoms with van der Waals surface area (Å²) in [5.41, 5.74) is -0.610. The number of hydrogen-bond donors (Lipinski definition) is 1. The number of carbonyl (C=O) groups is 2. The summed E-state index contributed by atoms with van der Waals surface area (Å²) in [6, 6.07) is 13.9. The van der Waals surface area contributed by atoms with Crippen LogP contribution >= 0.6 is 0 Å². The summed E-state index contributed by atoms with van der Waals surface area (Å²) in [6.07, 6.45) is 2.63. The lowest BCUT2D eigenvalue weighted by molar-refractivity contribution is -0.119. The van der Waals surface area contributed by atoms with E-state index in [9.17, 15) is 22.8 Å². The molecule has 1 aliphatic rings. The maximum Gasteiger partial charge on any atom is 0.351 e. The van der Waals surface area contributed by atoms with Crippen molar-refractivity contribution in [3.05, 3.63) is 70.6 Å². The number of benzene rings is 2. The van der Waals surface area contributed by atoms with Crippen LogP contribution in [0.4, 0.5) is 5.69 Å². The van der Waals surface area contributed by atoms with Gasteiger partial charge in [-0.05, 0) is 43.2 Å². The topological polar surface area (TPSA) is 123 Å². The first kappa shape index (κ1) is 22.7. The quantitative estimate of drug-likeness (QED) is 0.434. The first-order valence-corrected chi connectivity index (χ1v) is 11.9. The Morgan fingerprint density at radius 2 is 1.76 bits per heavy atom. The van der Waals surface area contributed by atoms with Gasteiger partial charge in [0.25, 0.3) is 5.91 Å². The number of carbonyl (C=O) groups excluding carboxylic acids is 2. The number of para-hydroxylation sites is 1. The van der Waals surface area contributed by atoms with Gasteiger partial charge in [0.2, 0.25) is 10.0 Å². The fourth-order valence-corrected chi connectivity index (χ4v) is 5.16. The van der Waals surface area contributed by atoms with E-state index in [1.54, 1.807) is 24.3 Å². The van der Waals surface area contributed by atoms with Crippen LogP contribution in [0.1, 0.15) is 29.6 Å². The zero-order chi connectivity index (χ0) is 23.4. The minimum atomic E-state index is -3.65. The average molecular weight is 471 g/mol. The van der Waals surface area contributed by atoms with Crippen molar-refractivity contribution in [3.63, 3.8) is 0 Å². The van der Waals surface area contributed by atoms with E-state index in [-0.39, 0.29) is 16.1 Å². The average Bonchev–Trinajstić information content (AvgIpc) is 2.83. The number of anilines is 1. The highest BCUT2D eigenvalue weighted by Gasteiger charge is 2.26. The highest BCUT2D eigenvalue weighted by Crippen LogP contribution is 2.23. The number of nitrogens with one attached hydrogen (secondary N) is 1. The molecule has 1 saturated heterocycles. The molecular weight excluding hydrogens is 448 g/mol. The molecule has 0 aliphatic carbocycles. The van der Waals surface area contributed by atoms with Crippen LogP contribution in [-0.2, 0) is 19.6 Å². The molecule has 0 spiro atoms. The third-order valence-electron chi connectivity index (χ3n) is 5.27. The number of piperidine rings is 1. The second-order valence-corrected chi connectivity index (χ2v) is 9.54. The number of amides is 1. The van der Waals surface area contributed by atoms with Gasteiger partial charge in [-0.2, -0.15) is 4.31 Å². The highest BCUT2D eigenvalue weighted by atomic mass is 32.2. The minimum Gasteiger partial charge on any atom is -0.452 e. The summed E-state index contributed by atoms with van der Waals surface area (Å²) in [6.45, 7) is 0.281. The zero-order valence-electron chi connectivity index (χ0n) is 17.7. The van der Waals surface area contributed by atoms with Gasteiger partial charge in [-0.15, -0.1) is 0 Å². The van der Waals surface area contributed by atoms with Crippen molar-refractivity contribution in [1.29, 1.82) is 0 Å². The maximum absolute atomic E-state index is 12.8. The maximum atomic E-state index is 12.8. The van der Waals surface area contributed by atoms with Crippen LogP contribution in [0.2, 0.25) is 0 Å². The number of ether oxygens (including phenoxy) is 1. The number of nitrogens with zero attached hydrogens (tertiary/aromatic N) is 1. The lowest BCUT2D eigenvalue weighted by Crippen LogP contribution is -2.35. The third-order valence-corrected chi connectivity index (χ3v) is 7.16. The number of fused-ring (bicyclic) bond motifs is 1. The van der Waals surface area contributed by atoms with Crippen molar-refractivity contribution >= 4 is 38.6 Å².